The molecule has 0 radical (unpaired) electrons. The Morgan fingerprint density at radius 1 is 0.536 bits per heavy atom. The third kappa shape index (κ3) is 6.21. The van der Waals surface area contributed by atoms with Crippen LogP contribution in [0.5, 0.6) is 0 Å². The number of allylic oxidation sites excluding steroid dienone is 2. The highest BCUT2D eigenvalue weighted by atomic mass is 16.6. The van der Waals surface area contributed by atoms with Crippen molar-refractivity contribution < 1.29 is 38.1 Å². The van der Waals surface area contributed by atoms with Gasteiger partial charge in [-0.3, -0.25) is 0 Å². The Bertz CT molecular complexity index is 562. The Morgan fingerprint density at radius 3 is 0.929 bits per heavy atom. The molecule has 0 bridgehead atoms. The van der Waals surface area contributed by atoms with Gasteiger partial charge in [-0.25, -0.2) is 19.2 Å². The Labute approximate surface area is 164 Å². The normalized spacial score (nSPS) is 13.4. The molecule has 0 aromatic heterocycles. The van der Waals surface area contributed by atoms with Crippen molar-refractivity contribution in [3.63, 3.8) is 0 Å². The molecule has 0 aromatic carbocycles. The summed E-state index contributed by atoms with van der Waals surface area (Å²) >= 11 is 0. The van der Waals surface area contributed by atoms with E-state index >= 15 is 0 Å². The number of hydrogen-bond donors (Lipinski definition) is 0. The molecule has 8 heteroatoms. The van der Waals surface area contributed by atoms with Gasteiger partial charge in [-0.2, -0.15) is 0 Å². The van der Waals surface area contributed by atoms with E-state index in [-0.39, 0.29) is 37.6 Å². The van der Waals surface area contributed by atoms with E-state index in [1.165, 1.54) is 0 Å². The highest BCUT2D eigenvalue weighted by Crippen LogP contribution is 2.33. The fraction of sp³-hybridized carbons (Fsp3) is 0.600. The molecule has 156 valence electrons. The van der Waals surface area contributed by atoms with Gasteiger partial charge in [0.2, 0.25) is 0 Å². The fourth-order valence-electron chi connectivity index (χ4n) is 2.91. The zero-order chi connectivity index (χ0) is 21.1. The number of hydrogen-bond acceptors (Lipinski definition) is 8. The molecule has 0 N–H and O–H groups in total. The van der Waals surface area contributed by atoms with Crippen LogP contribution in [0.3, 0.4) is 0 Å². The van der Waals surface area contributed by atoms with Crippen LogP contribution in [0.15, 0.2) is 22.3 Å². The molecule has 1 fully saturated rings. The number of carbonyl (C=O) groups is 4. The van der Waals surface area contributed by atoms with Gasteiger partial charge < -0.3 is 18.9 Å². The van der Waals surface area contributed by atoms with Crippen LogP contribution in [0.4, 0.5) is 0 Å². The molecule has 0 unspecified atom stereocenters. The van der Waals surface area contributed by atoms with Gasteiger partial charge in [0.1, 0.15) is 11.1 Å². The maximum Gasteiger partial charge on any atom is 0.345 e. The lowest BCUT2D eigenvalue weighted by molar-refractivity contribution is -0.148. The van der Waals surface area contributed by atoms with Crippen molar-refractivity contribution in [2.24, 2.45) is 0 Å². The Balaban J connectivity index is 3.18. The molecular formula is C20H28O8. The number of carbonyl (C=O) groups excluding carboxylic acids is 4. The molecule has 1 aliphatic carbocycles. The molecule has 1 aliphatic rings. The second-order valence-corrected chi connectivity index (χ2v) is 5.84. The second kappa shape index (κ2) is 11.9. The third-order valence-corrected chi connectivity index (χ3v) is 4.08. The lowest BCUT2D eigenvalue weighted by atomic mass is 9.85. The quantitative estimate of drug-likeness (QED) is 0.202. The van der Waals surface area contributed by atoms with Crippen molar-refractivity contribution in [3.8, 4) is 0 Å². The van der Waals surface area contributed by atoms with Gasteiger partial charge in [0.05, 0.1) is 26.4 Å². The molecule has 0 heterocycles. The van der Waals surface area contributed by atoms with Crippen LogP contribution in [-0.4, -0.2) is 50.3 Å². The van der Waals surface area contributed by atoms with Gasteiger partial charge in [-0.15, -0.1) is 0 Å². The van der Waals surface area contributed by atoms with Crippen molar-refractivity contribution >= 4 is 23.9 Å². The molecule has 0 amide bonds. The van der Waals surface area contributed by atoms with E-state index < -0.39 is 23.9 Å². The average molecular weight is 396 g/mol. The van der Waals surface area contributed by atoms with E-state index in [0.717, 1.165) is 0 Å². The lowest BCUT2D eigenvalue weighted by Crippen LogP contribution is -2.24. The van der Waals surface area contributed by atoms with Crippen molar-refractivity contribution in [1.82, 2.24) is 0 Å². The molecule has 28 heavy (non-hydrogen) atoms. The van der Waals surface area contributed by atoms with Gasteiger partial charge in [0, 0.05) is 0 Å². The summed E-state index contributed by atoms with van der Waals surface area (Å²) in [6, 6.07) is 0. The summed E-state index contributed by atoms with van der Waals surface area (Å²) < 4.78 is 19.9. The summed E-state index contributed by atoms with van der Waals surface area (Å²) in [4.78, 5) is 48.9. The van der Waals surface area contributed by atoms with Crippen molar-refractivity contribution in [3.05, 3.63) is 22.3 Å². The van der Waals surface area contributed by atoms with E-state index in [9.17, 15) is 19.2 Å². The van der Waals surface area contributed by atoms with Crippen LogP contribution < -0.4 is 0 Å². The lowest BCUT2D eigenvalue weighted by Gasteiger charge is -2.22. The molecule has 1 saturated carbocycles. The first-order valence-corrected chi connectivity index (χ1v) is 9.53. The fourth-order valence-corrected chi connectivity index (χ4v) is 2.91. The first-order chi connectivity index (χ1) is 13.4. The Hall–Kier alpha value is -2.64. The van der Waals surface area contributed by atoms with Crippen molar-refractivity contribution in [2.45, 2.75) is 53.4 Å². The van der Waals surface area contributed by atoms with Gasteiger partial charge in [-0.1, -0.05) is 0 Å². The Kier molecular flexibility index (Phi) is 9.98. The van der Waals surface area contributed by atoms with Crippen LogP contribution in [0, 0.1) is 0 Å². The SMILES string of the molecule is CCOC(=O)C(C(=O)OCC)=C1CCC(=C(C(=O)OCC)C(=O)OCC)CC1. The minimum atomic E-state index is -0.723. The van der Waals surface area contributed by atoms with Gasteiger partial charge >= 0.3 is 23.9 Å². The first-order valence-electron chi connectivity index (χ1n) is 9.53. The van der Waals surface area contributed by atoms with Crippen molar-refractivity contribution in [2.75, 3.05) is 26.4 Å². The van der Waals surface area contributed by atoms with E-state index in [1.807, 2.05) is 0 Å². The molecule has 0 spiro atoms. The van der Waals surface area contributed by atoms with E-state index in [0.29, 0.717) is 36.8 Å². The largest absolute Gasteiger partial charge is 0.462 e. The molecule has 0 aliphatic heterocycles. The number of ether oxygens (including phenoxy) is 4. The molecular weight excluding hydrogens is 368 g/mol. The maximum absolute atomic E-state index is 12.2. The summed E-state index contributed by atoms with van der Waals surface area (Å²) in [5, 5.41) is 0. The topological polar surface area (TPSA) is 105 Å². The minimum Gasteiger partial charge on any atom is -0.462 e. The van der Waals surface area contributed by atoms with E-state index in [1.54, 1.807) is 27.7 Å². The molecule has 1 rings (SSSR count). The predicted octanol–water partition coefficient (Wildman–Crippen LogP) is 2.41. The zero-order valence-corrected chi connectivity index (χ0v) is 16.9. The van der Waals surface area contributed by atoms with Crippen LogP contribution in [0.25, 0.3) is 0 Å². The molecule has 0 aromatic rings. The molecule has 0 atom stereocenters. The van der Waals surface area contributed by atoms with Gasteiger partial charge in [0.15, 0.2) is 0 Å². The maximum atomic E-state index is 12.2. The second-order valence-electron chi connectivity index (χ2n) is 5.84. The summed E-state index contributed by atoms with van der Waals surface area (Å²) in [5.41, 5.74) is 0.980. The van der Waals surface area contributed by atoms with E-state index in [4.69, 9.17) is 18.9 Å². The summed E-state index contributed by atoms with van der Waals surface area (Å²) in [7, 11) is 0. The molecule has 8 nitrogen and oxygen atoms in total. The number of esters is 4. The highest BCUT2D eigenvalue weighted by molar-refractivity contribution is 6.15. The third-order valence-electron chi connectivity index (χ3n) is 4.08. The van der Waals surface area contributed by atoms with Crippen molar-refractivity contribution in [1.29, 1.82) is 0 Å². The standard InChI is InChI=1S/C20H28O8/c1-5-25-17(21)15(18(22)26-6-2)13-9-11-14(12-10-13)16(19(23)27-7-3)20(24)28-8-4/h5-12H2,1-4H3. The minimum absolute atomic E-state index is 0.100. The highest BCUT2D eigenvalue weighted by Gasteiger charge is 2.31. The molecule has 0 saturated heterocycles. The smallest absolute Gasteiger partial charge is 0.345 e. The van der Waals surface area contributed by atoms with Crippen LogP contribution in [0.1, 0.15) is 53.4 Å². The van der Waals surface area contributed by atoms with Gasteiger partial charge in [-0.05, 0) is 64.5 Å². The predicted molar refractivity (Wildman–Crippen MR) is 99.1 cm³/mol. The van der Waals surface area contributed by atoms with Crippen LogP contribution in [-0.2, 0) is 38.1 Å². The number of rotatable bonds is 8. The summed E-state index contributed by atoms with van der Waals surface area (Å²) in [6.07, 6.45) is 1.30. The first kappa shape index (κ1) is 23.4. The monoisotopic (exact) mass is 396 g/mol. The summed E-state index contributed by atoms with van der Waals surface area (Å²) in [5.74, 6) is -2.89. The van der Waals surface area contributed by atoms with Crippen LogP contribution in [0.2, 0.25) is 0 Å². The average Bonchev–Trinajstić information content (AvgIpc) is 2.64. The zero-order valence-electron chi connectivity index (χ0n) is 16.9. The van der Waals surface area contributed by atoms with Gasteiger partial charge in [0.25, 0.3) is 0 Å². The Morgan fingerprint density at radius 2 is 0.750 bits per heavy atom. The van der Waals surface area contributed by atoms with Crippen LogP contribution >= 0.6 is 0 Å². The summed E-state index contributed by atoms with van der Waals surface area (Å²) in [6.45, 7) is 7.14. The van der Waals surface area contributed by atoms with E-state index in [2.05, 4.69) is 0 Å².